The lowest BCUT2D eigenvalue weighted by atomic mass is 10.3. The zero-order chi connectivity index (χ0) is 18.9. The number of para-hydroxylation sites is 2. The Balaban J connectivity index is 1.79. The molecule has 4 nitrogen and oxygen atoms in total. The number of benzene rings is 2. The van der Waals surface area contributed by atoms with Crippen LogP contribution in [-0.2, 0) is 12.7 Å². The molecule has 0 spiro atoms. The van der Waals surface area contributed by atoms with Crippen LogP contribution < -0.4 is 4.74 Å². The third-order valence-electron chi connectivity index (χ3n) is 3.63. The van der Waals surface area contributed by atoms with Gasteiger partial charge in [0.05, 0.1) is 22.6 Å². The Hall–Kier alpha value is -1.96. The van der Waals surface area contributed by atoms with Crippen LogP contribution in [0.25, 0.3) is 11.0 Å². The summed E-state index contributed by atoms with van der Waals surface area (Å²) in [6.45, 7) is -0.578. The minimum absolute atomic E-state index is 0.202. The molecule has 0 saturated heterocycles. The molecule has 0 bridgehead atoms. The number of rotatable bonds is 5. The second-order valence-electron chi connectivity index (χ2n) is 5.57. The topological polar surface area (TPSA) is 47.3 Å². The highest BCUT2D eigenvalue weighted by molar-refractivity contribution is 6.35. The number of hydrogen-bond acceptors (Lipinski definition) is 3. The lowest BCUT2D eigenvalue weighted by Gasteiger charge is -2.17. The zero-order valence-corrected chi connectivity index (χ0v) is 14.7. The Morgan fingerprint density at radius 3 is 2.58 bits per heavy atom. The first-order valence-electron chi connectivity index (χ1n) is 7.54. The molecule has 1 N–H and O–H groups in total. The van der Waals surface area contributed by atoms with E-state index in [2.05, 4.69) is 4.98 Å². The van der Waals surface area contributed by atoms with Crippen molar-refractivity contribution in [1.29, 1.82) is 0 Å². The van der Waals surface area contributed by atoms with Gasteiger partial charge in [0.25, 0.3) is 0 Å². The number of halogens is 5. The van der Waals surface area contributed by atoms with E-state index in [0.29, 0.717) is 5.02 Å². The van der Waals surface area contributed by atoms with Gasteiger partial charge in [0.2, 0.25) is 5.82 Å². The van der Waals surface area contributed by atoms with Crippen LogP contribution in [-0.4, -0.2) is 27.4 Å². The monoisotopic (exact) mass is 404 g/mol. The molecule has 0 aliphatic heterocycles. The minimum atomic E-state index is -4.64. The molecule has 1 aromatic heterocycles. The Bertz CT molecular complexity index is 928. The maximum Gasteiger partial charge on any atom is 0.449 e. The van der Waals surface area contributed by atoms with Crippen molar-refractivity contribution in [3.8, 4) is 5.75 Å². The number of ether oxygens (including phenoxy) is 1. The predicted octanol–water partition coefficient (Wildman–Crippen LogP) is 4.80. The number of aliphatic hydroxyl groups excluding tert-OH is 1. The third-order valence-corrected chi connectivity index (χ3v) is 4.16. The Kier molecular flexibility index (Phi) is 5.32. The molecule has 3 rings (SSSR count). The summed E-state index contributed by atoms with van der Waals surface area (Å²) in [4.78, 5) is 3.63. The smallest absolute Gasteiger partial charge is 0.449 e. The van der Waals surface area contributed by atoms with Gasteiger partial charge in [-0.1, -0.05) is 35.3 Å². The molecule has 0 fully saturated rings. The van der Waals surface area contributed by atoms with Crippen molar-refractivity contribution in [3.05, 3.63) is 58.3 Å². The molecule has 1 atom stereocenters. The summed E-state index contributed by atoms with van der Waals surface area (Å²) in [7, 11) is 0. The maximum absolute atomic E-state index is 13.3. The number of fused-ring (bicyclic) bond motifs is 1. The summed E-state index contributed by atoms with van der Waals surface area (Å²) in [6, 6.07) is 10.7. The van der Waals surface area contributed by atoms with E-state index in [1.54, 1.807) is 18.2 Å². The number of aliphatic hydroxyl groups is 1. The molecule has 0 saturated carbocycles. The number of nitrogens with zero attached hydrogens (tertiary/aromatic N) is 2. The van der Waals surface area contributed by atoms with E-state index in [1.807, 2.05) is 0 Å². The first-order valence-corrected chi connectivity index (χ1v) is 8.29. The van der Waals surface area contributed by atoms with Gasteiger partial charge < -0.3 is 14.4 Å². The van der Waals surface area contributed by atoms with Gasteiger partial charge in [-0.15, -0.1) is 0 Å². The third kappa shape index (κ3) is 4.06. The van der Waals surface area contributed by atoms with Crippen molar-refractivity contribution in [2.45, 2.75) is 18.8 Å². The van der Waals surface area contributed by atoms with Gasteiger partial charge >= 0.3 is 6.18 Å². The van der Waals surface area contributed by atoms with Gasteiger partial charge in [-0.3, -0.25) is 0 Å². The molecular formula is C17H13Cl2F3N2O2. The van der Waals surface area contributed by atoms with E-state index in [1.165, 1.54) is 24.3 Å². The van der Waals surface area contributed by atoms with Crippen LogP contribution >= 0.6 is 23.2 Å². The largest absolute Gasteiger partial charge is 0.489 e. The molecule has 2 aromatic carbocycles. The number of alkyl halides is 3. The van der Waals surface area contributed by atoms with Crippen LogP contribution in [0, 0.1) is 0 Å². The fourth-order valence-electron chi connectivity index (χ4n) is 2.52. The molecule has 3 aromatic rings. The second-order valence-corrected chi connectivity index (χ2v) is 6.42. The SMILES string of the molecule is OC(COc1ccc(Cl)cc1Cl)Cn1c(C(F)(F)F)nc2ccccc21. The lowest BCUT2D eigenvalue weighted by Crippen LogP contribution is -2.26. The fourth-order valence-corrected chi connectivity index (χ4v) is 2.98. The standard InChI is InChI=1S/C17H13Cl2F3N2O2/c18-10-5-6-15(12(19)7-10)26-9-11(25)8-24-14-4-2-1-3-13(14)23-16(24)17(20,21)22/h1-7,11,25H,8-9H2. The molecule has 138 valence electrons. The van der Waals surface area contributed by atoms with E-state index in [0.717, 1.165) is 4.57 Å². The summed E-state index contributed by atoms with van der Waals surface area (Å²) in [6.07, 6.45) is -5.85. The fraction of sp³-hybridized carbons (Fsp3) is 0.235. The summed E-state index contributed by atoms with van der Waals surface area (Å²) in [5.41, 5.74) is 0.483. The van der Waals surface area contributed by atoms with Crippen molar-refractivity contribution in [2.75, 3.05) is 6.61 Å². The van der Waals surface area contributed by atoms with Gasteiger partial charge in [-0.05, 0) is 30.3 Å². The predicted molar refractivity (Wildman–Crippen MR) is 92.7 cm³/mol. The van der Waals surface area contributed by atoms with Gasteiger partial charge in [0.1, 0.15) is 18.5 Å². The Labute approximate surface area is 156 Å². The number of hydrogen-bond donors (Lipinski definition) is 1. The molecule has 1 heterocycles. The van der Waals surface area contributed by atoms with Crippen LogP contribution in [0.5, 0.6) is 5.75 Å². The van der Waals surface area contributed by atoms with Crippen LogP contribution in [0.1, 0.15) is 5.82 Å². The summed E-state index contributed by atoms with van der Waals surface area (Å²) in [5.74, 6) is -0.788. The van der Waals surface area contributed by atoms with Crippen LogP contribution in [0.3, 0.4) is 0 Å². The van der Waals surface area contributed by atoms with E-state index < -0.39 is 18.1 Å². The second kappa shape index (κ2) is 7.34. The van der Waals surface area contributed by atoms with Crippen LogP contribution in [0.15, 0.2) is 42.5 Å². The van der Waals surface area contributed by atoms with Crippen molar-refractivity contribution < 1.29 is 23.0 Å². The average molecular weight is 405 g/mol. The molecule has 1 unspecified atom stereocenters. The van der Waals surface area contributed by atoms with E-state index in [9.17, 15) is 18.3 Å². The molecule has 0 amide bonds. The number of aromatic nitrogens is 2. The Morgan fingerprint density at radius 2 is 1.88 bits per heavy atom. The zero-order valence-electron chi connectivity index (χ0n) is 13.2. The van der Waals surface area contributed by atoms with Crippen molar-refractivity contribution >= 4 is 34.2 Å². The van der Waals surface area contributed by atoms with Crippen LogP contribution in [0.2, 0.25) is 10.0 Å². The molecule has 9 heteroatoms. The first-order chi connectivity index (χ1) is 12.3. The average Bonchev–Trinajstić information content (AvgIpc) is 2.93. The van der Waals surface area contributed by atoms with Gasteiger partial charge in [0, 0.05) is 5.02 Å². The van der Waals surface area contributed by atoms with E-state index in [4.69, 9.17) is 27.9 Å². The quantitative estimate of drug-likeness (QED) is 0.664. The van der Waals surface area contributed by atoms with Crippen molar-refractivity contribution in [2.24, 2.45) is 0 Å². The molecule has 0 aliphatic carbocycles. The molecular weight excluding hydrogens is 392 g/mol. The van der Waals surface area contributed by atoms with Gasteiger partial charge in [-0.25, -0.2) is 4.98 Å². The lowest BCUT2D eigenvalue weighted by molar-refractivity contribution is -0.147. The summed E-state index contributed by atoms with van der Waals surface area (Å²) >= 11 is 11.7. The van der Waals surface area contributed by atoms with Gasteiger partial charge in [-0.2, -0.15) is 13.2 Å². The van der Waals surface area contributed by atoms with Crippen molar-refractivity contribution in [3.63, 3.8) is 0 Å². The number of imidazole rings is 1. The summed E-state index contributed by atoms with van der Waals surface area (Å²) < 4.78 is 46.1. The van der Waals surface area contributed by atoms with Crippen molar-refractivity contribution in [1.82, 2.24) is 9.55 Å². The van der Waals surface area contributed by atoms with Crippen LogP contribution in [0.4, 0.5) is 13.2 Å². The van der Waals surface area contributed by atoms with E-state index >= 15 is 0 Å². The van der Waals surface area contributed by atoms with Gasteiger partial charge in [0.15, 0.2) is 0 Å². The molecule has 0 radical (unpaired) electrons. The highest BCUT2D eigenvalue weighted by Crippen LogP contribution is 2.32. The van der Waals surface area contributed by atoms with E-state index in [-0.39, 0.29) is 35.0 Å². The molecule has 0 aliphatic rings. The highest BCUT2D eigenvalue weighted by Gasteiger charge is 2.37. The first kappa shape index (κ1) is 18.8. The highest BCUT2D eigenvalue weighted by atomic mass is 35.5. The Morgan fingerprint density at radius 1 is 1.15 bits per heavy atom. The minimum Gasteiger partial charge on any atom is -0.489 e. The summed E-state index contributed by atoms with van der Waals surface area (Å²) in [5, 5.41) is 10.8. The normalized spacial score (nSPS) is 13.2. The molecule has 26 heavy (non-hydrogen) atoms. The maximum atomic E-state index is 13.3.